The maximum atomic E-state index is 6.09. The zero-order valence-corrected chi connectivity index (χ0v) is 13.1. The number of fused-ring (bicyclic) bond motifs is 1. The van der Waals surface area contributed by atoms with Crippen LogP contribution < -0.4 is 4.74 Å². The summed E-state index contributed by atoms with van der Waals surface area (Å²) in [6.07, 6.45) is 5.10. The Morgan fingerprint density at radius 1 is 1.45 bits per heavy atom. The van der Waals surface area contributed by atoms with E-state index in [-0.39, 0.29) is 5.60 Å². The molecule has 6 heteroatoms. The van der Waals surface area contributed by atoms with E-state index in [1.807, 2.05) is 19.1 Å². The number of rotatable bonds is 3. The molecule has 22 heavy (non-hydrogen) atoms. The summed E-state index contributed by atoms with van der Waals surface area (Å²) < 4.78 is 7.68. The van der Waals surface area contributed by atoms with E-state index in [4.69, 9.17) is 9.57 Å². The Labute approximate surface area is 129 Å². The van der Waals surface area contributed by atoms with Crippen LogP contribution in [0.1, 0.15) is 38.3 Å². The van der Waals surface area contributed by atoms with Gasteiger partial charge in [-0.15, -0.1) is 0 Å². The number of oxime groups is 1. The van der Waals surface area contributed by atoms with Crippen LogP contribution in [-0.2, 0) is 11.3 Å². The third kappa shape index (κ3) is 2.95. The largest absolute Gasteiger partial charge is 0.488 e. The van der Waals surface area contributed by atoms with Gasteiger partial charge in [0.1, 0.15) is 30.6 Å². The number of hydrogen-bond donors (Lipinski definition) is 0. The van der Waals surface area contributed by atoms with E-state index < -0.39 is 0 Å². The van der Waals surface area contributed by atoms with Crippen molar-refractivity contribution in [1.82, 2.24) is 14.8 Å². The lowest BCUT2D eigenvalue weighted by atomic mass is 9.93. The van der Waals surface area contributed by atoms with Crippen molar-refractivity contribution in [3.63, 3.8) is 0 Å². The predicted molar refractivity (Wildman–Crippen MR) is 83.1 cm³/mol. The maximum absolute atomic E-state index is 6.09. The first-order valence-electron chi connectivity index (χ1n) is 7.46. The summed E-state index contributed by atoms with van der Waals surface area (Å²) in [6, 6.07) is 6.09. The average molecular weight is 300 g/mol. The van der Waals surface area contributed by atoms with Crippen LogP contribution in [0.5, 0.6) is 5.75 Å². The van der Waals surface area contributed by atoms with Crippen LogP contribution in [0.4, 0.5) is 0 Å². The minimum Gasteiger partial charge on any atom is -0.488 e. The molecule has 6 nitrogen and oxygen atoms in total. The zero-order chi connectivity index (χ0) is 15.6. The Morgan fingerprint density at radius 2 is 2.32 bits per heavy atom. The van der Waals surface area contributed by atoms with Gasteiger partial charge in [-0.25, -0.2) is 4.98 Å². The van der Waals surface area contributed by atoms with Gasteiger partial charge in [0.15, 0.2) is 0 Å². The van der Waals surface area contributed by atoms with Crippen molar-refractivity contribution < 1.29 is 9.57 Å². The smallest absolute Gasteiger partial charge is 0.201 e. The summed E-state index contributed by atoms with van der Waals surface area (Å²) in [5.74, 6) is 1.49. The van der Waals surface area contributed by atoms with E-state index in [0.29, 0.717) is 12.4 Å². The second-order valence-corrected chi connectivity index (χ2v) is 5.86. The second-order valence-electron chi connectivity index (χ2n) is 5.86. The maximum Gasteiger partial charge on any atom is 0.201 e. The molecule has 3 rings (SSSR count). The van der Waals surface area contributed by atoms with Crippen molar-refractivity contribution >= 4 is 5.84 Å². The molecular weight excluding hydrogens is 280 g/mol. The van der Waals surface area contributed by atoms with Crippen molar-refractivity contribution in [2.24, 2.45) is 5.16 Å². The standard InChI is InChI=1S/C16H20N4O2/c1-4-21-19-15(20-11-17-10-18-20)13-6-5-12-7-8-16(2,3)22-14(12)9-13/h5-6,9-11H,4,7-8H2,1-3H3/b19-15-. The van der Waals surface area contributed by atoms with Crippen molar-refractivity contribution in [2.45, 2.75) is 39.2 Å². The second kappa shape index (κ2) is 5.79. The molecule has 1 aliphatic heterocycles. The molecule has 1 aliphatic rings. The molecule has 2 aromatic rings. The molecule has 0 bridgehead atoms. The molecule has 0 N–H and O–H groups in total. The van der Waals surface area contributed by atoms with Crippen LogP contribution in [0.25, 0.3) is 0 Å². The van der Waals surface area contributed by atoms with Crippen molar-refractivity contribution in [3.05, 3.63) is 42.0 Å². The summed E-state index contributed by atoms with van der Waals surface area (Å²) >= 11 is 0. The van der Waals surface area contributed by atoms with Crippen molar-refractivity contribution in [2.75, 3.05) is 6.61 Å². The fraction of sp³-hybridized carbons (Fsp3) is 0.438. The van der Waals surface area contributed by atoms with E-state index >= 15 is 0 Å². The molecule has 0 saturated heterocycles. The van der Waals surface area contributed by atoms with Gasteiger partial charge in [0, 0.05) is 5.56 Å². The molecule has 0 amide bonds. The first-order valence-corrected chi connectivity index (χ1v) is 7.46. The number of aromatic nitrogens is 3. The fourth-order valence-corrected chi connectivity index (χ4v) is 2.45. The highest BCUT2D eigenvalue weighted by molar-refractivity contribution is 5.99. The highest BCUT2D eigenvalue weighted by Crippen LogP contribution is 2.33. The lowest BCUT2D eigenvalue weighted by molar-refractivity contribution is 0.0847. The van der Waals surface area contributed by atoms with Gasteiger partial charge in [0.05, 0.1) is 0 Å². The lowest BCUT2D eigenvalue weighted by Gasteiger charge is -2.32. The Hall–Kier alpha value is -2.37. The Kier molecular flexibility index (Phi) is 3.83. The van der Waals surface area contributed by atoms with Gasteiger partial charge in [-0.2, -0.15) is 9.78 Å². The fourth-order valence-electron chi connectivity index (χ4n) is 2.45. The topological polar surface area (TPSA) is 61.5 Å². The SMILES string of the molecule is CCO/N=C(/c1ccc2c(c1)OC(C)(C)CC2)n1cncn1. The minimum absolute atomic E-state index is 0.143. The minimum atomic E-state index is -0.143. The van der Waals surface area contributed by atoms with Gasteiger partial charge in [-0.3, -0.25) is 0 Å². The molecule has 0 atom stereocenters. The molecule has 0 saturated carbocycles. The van der Waals surface area contributed by atoms with E-state index in [2.05, 4.69) is 35.2 Å². The normalized spacial score (nSPS) is 16.8. The van der Waals surface area contributed by atoms with Gasteiger partial charge >= 0.3 is 0 Å². The van der Waals surface area contributed by atoms with Crippen molar-refractivity contribution in [3.8, 4) is 5.75 Å². The van der Waals surface area contributed by atoms with Gasteiger partial charge in [-0.1, -0.05) is 17.3 Å². The van der Waals surface area contributed by atoms with Gasteiger partial charge in [-0.05, 0) is 45.2 Å². The zero-order valence-electron chi connectivity index (χ0n) is 13.1. The predicted octanol–water partition coefficient (Wildman–Crippen LogP) is 2.63. The van der Waals surface area contributed by atoms with Gasteiger partial charge in [0.25, 0.3) is 0 Å². The molecule has 0 spiro atoms. The molecule has 0 unspecified atom stereocenters. The first kappa shape index (κ1) is 14.6. The van der Waals surface area contributed by atoms with E-state index in [1.165, 1.54) is 11.9 Å². The van der Waals surface area contributed by atoms with Crippen LogP contribution >= 0.6 is 0 Å². The first-order chi connectivity index (χ1) is 10.6. The van der Waals surface area contributed by atoms with E-state index in [9.17, 15) is 0 Å². The van der Waals surface area contributed by atoms with Gasteiger partial charge in [0.2, 0.25) is 5.84 Å². The quantitative estimate of drug-likeness (QED) is 0.496. The Balaban J connectivity index is 1.99. The van der Waals surface area contributed by atoms with Crippen LogP contribution in [0.2, 0.25) is 0 Å². The lowest BCUT2D eigenvalue weighted by Crippen LogP contribution is -2.32. The number of hydrogen-bond acceptors (Lipinski definition) is 5. The van der Waals surface area contributed by atoms with Crippen LogP contribution in [0.15, 0.2) is 36.0 Å². The molecule has 2 heterocycles. The van der Waals surface area contributed by atoms with Crippen LogP contribution in [0.3, 0.4) is 0 Å². The number of benzene rings is 1. The molecular formula is C16H20N4O2. The van der Waals surface area contributed by atoms with Crippen LogP contribution in [0, 0.1) is 0 Å². The summed E-state index contributed by atoms with van der Waals surface area (Å²) in [4.78, 5) is 9.19. The Morgan fingerprint density at radius 3 is 3.05 bits per heavy atom. The van der Waals surface area contributed by atoms with Crippen molar-refractivity contribution in [1.29, 1.82) is 0 Å². The summed E-state index contributed by atoms with van der Waals surface area (Å²) in [6.45, 7) is 6.60. The number of ether oxygens (including phenoxy) is 1. The average Bonchev–Trinajstić information content (AvgIpc) is 3.00. The summed E-state index contributed by atoms with van der Waals surface area (Å²) in [7, 11) is 0. The third-order valence-electron chi connectivity index (χ3n) is 3.62. The molecule has 0 fully saturated rings. The monoisotopic (exact) mass is 300 g/mol. The Bertz CT molecular complexity index is 677. The molecule has 0 aliphatic carbocycles. The van der Waals surface area contributed by atoms with E-state index in [1.54, 1.807) is 11.0 Å². The molecule has 1 aromatic heterocycles. The summed E-state index contributed by atoms with van der Waals surface area (Å²) in [5.41, 5.74) is 1.96. The molecule has 116 valence electrons. The molecule has 0 radical (unpaired) electrons. The van der Waals surface area contributed by atoms with Crippen LogP contribution in [-0.4, -0.2) is 32.8 Å². The third-order valence-corrected chi connectivity index (χ3v) is 3.62. The van der Waals surface area contributed by atoms with Gasteiger partial charge < -0.3 is 9.57 Å². The highest BCUT2D eigenvalue weighted by atomic mass is 16.6. The number of aryl methyl sites for hydroxylation is 1. The molecule has 1 aromatic carbocycles. The van der Waals surface area contributed by atoms with E-state index in [0.717, 1.165) is 24.2 Å². The number of nitrogens with zero attached hydrogens (tertiary/aromatic N) is 4. The summed E-state index contributed by atoms with van der Waals surface area (Å²) in [5, 5.41) is 8.30. The highest BCUT2D eigenvalue weighted by Gasteiger charge is 2.27.